The van der Waals surface area contributed by atoms with Crippen LogP contribution in [0, 0.1) is 11.8 Å². The fraction of sp³-hybridized carbons (Fsp3) is 0.625. The molecule has 0 aromatic carbocycles. The minimum Gasteiger partial charge on any atom is -0.368 e. The third-order valence-electron chi connectivity index (χ3n) is 2.61. The lowest BCUT2D eigenvalue weighted by atomic mass is 10.1. The zero-order chi connectivity index (χ0) is 16.1. The highest BCUT2D eigenvalue weighted by Crippen LogP contribution is 2.33. The van der Waals surface area contributed by atoms with Crippen molar-refractivity contribution in [3.05, 3.63) is 23.3 Å². The molecule has 0 aliphatic carbocycles. The molecule has 2 N–H and O–H groups in total. The van der Waals surface area contributed by atoms with E-state index in [0.29, 0.717) is 6.42 Å². The Morgan fingerprint density at radius 1 is 1.10 bits per heavy atom. The van der Waals surface area contributed by atoms with Crippen LogP contribution in [-0.4, -0.2) is 22.7 Å². The number of unbranched alkanes of at least 4 members (excludes halogenated alkanes) is 1. The van der Waals surface area contributed by atoms with E-state index in [-0.39, 0.29) is 6.61 Å². The molecule has 5 heteroatoms. The van der Waals surface area contributed by atoms with Crippen molar-refractivity contribution < 1.29 is 19.1 Å². The van der Waals surface area contributed by atoms with Gasteiger partial charge in [-0.1, -0.05) is 23.3 Å². The van der Waals surface area contributed by atoms with Crippen LogP contribution in [0.15, 0.2) is 23.3 Å². The van der Waals surface area contributed by atoms with E-state index in [4.69, 9.17) is 14.5 Å². The van der Waals surface area contributed by atoms with Gasteiger partial charge in [-0.05, 0) is 40.0 Å². The Hall–Kier alpha value is -0.850. The molecule has 0 aromatic heterocycles. The van der Waals surface area contributed by atoms with Gasteiger partial charge in [-0.2, -0.15) is 0 Å². The molecule has 0 atom stereocenters. The SMILES string of the molecule is CC(C)=CCC/C(C)=C/CCC#CCCOCP(=O)(O)O. The van der Waals surface area contributed by atoms with E-state index in [0.717, 1.165) is 25.7 Å². The Labute approximate surface area is 128 Å². The molecule has 0 saturated heterocycles. The van der Waals surface area contributed by atoms with Crippen molar-refractivity contribution in [2.75, 3.05) is 13.0 Å². The minimum absolute atomic E-state index is 0.260. The molecular formula is C16H27O4P. The average Bonchev–Trinajstić information content (AvgIpc) is 2.35. The number of allylic oxidation sites excluding steroid dienone is 4. The van der Waals surface area contributed by atoms with Crippen molar-refractivity contribution in [1.82, 2.24) is 0 Å². The first-order valence-corrected chi connectivity index (χ1v) is 8.98. The zero-order valence-corrected chi connectivity index (χ0v) is 14.2. The summed E-state index contributed by atoms with van der Waals surface area (Å²) in [6.45, 7) is 6.62. The number of hydrogen-bond donors (Lipinski definition) is 2. The maximum absolute atomic E-state index is 10.5. The fourth-order valence-electron chi connectivity index (χ4n) is 1.56. The largest absolute Gasteiger partial charge is 0.368 e. The quantitative estimate of drug-likeness (QED) is 0.292. The van der Waals surface area contributed by atoms with Crippen molar-refractivity contribution in [3.8, 4) is 11.8 Å². The lowest BCUT2D eigenvalue weighted by molar-refractivity contribution is 0.163. The molecule has 0 fully saturated rings. The third kappa shape index (κ3) is 17.1. The van der Waals surface area contributed by atoms with Crippen LogP contribution >= 0.6 is 7.60 Å². The standard InChI is InChI=1S/C16H27O4P/c1-15(2)10-9-12-16(3)11-7-5-4-6-8-13-20-14-21(17,18)19/h10-11H,5,7-9,12-14H2,1-3H3,(H2,17,18,19)/b16-11+. The highest BCUT2D eigenvalue weighted by molar-refractivity contribution is 7.51. The summed E-state index contributed by atoms with van der Waals surface area (Å²) in [4.78, 5) is 17.1. The highest BCUT2D eigenvalue weighted by Gasteiger charge is 2.11. The molecule has 0 aliphatic rings. The van der Waals surface area contributed by atoms with E-state index < -0.39 is 13.9 Å². The molecule has 0 heterocycles. The Kier molecular flexibility index (Phi) is 11.3. The molecule has 120 valence electrons. The summed E-state index contributed by atoms with van der Waals surface area (Å²) in [6.07, 6.45) is 8.37. The van der Waals surface area contributed by atoms with Gasteiger partial charge >= 0.3 is 7.60 Å². The van der Waals surface area contributed by atoms with Crippen molar-refractivity contribution in [2.45, 2.75) is 52.9 Å². The second-order valence-corrected chi connectivity index (χ2v) is 6.80. The monoisotopic (exact) mass is 314 g/mol. The van der Waals surface area contributed by atoms with Crippen LogP contribution in [0.5, 0.6) is 0 Å². The van der Waals surface area contributed by atoms with Crippen molar-refractivity contribution in [3.63, 3.8) is 0 Å². The van der Waals surface area contributed by atoms with Crippen molar-refractivity contribution >= 4 is 7.60 Å². The summed E-state index contributed by atoms with van der Waals surface area (Å²) in [5.74, 6) is 5.97. The highest BCUT2D eigenvalue weighted by atomic mass is 31.2. The molecule has 0 unspecified atom stereocenters. The Morgan fingerprint density at radius 3 is 2.38 bits per heavy atom. The van der Waals surface area contributed by atoms with Gasteiger partial charge in [0, 0.05) is 12.8 Å². The molecule has 4 nitrogen and oxygen atoms in total. The first-order chi connectivity index (χ1) is 9.81. The molecule has 0 amide bonds. The average molecular weight is 314 g/mol. The molecule has 0 aromatic rings. The summed E-state index contributed by atoms with van der Waals surface area (Å²) in [5, 5.41) is 0. The summed E-state index contributed by atoms with van der Waals surface area (Å²) >= 11 is 0. The maximum Gasteiger partial charge on any atom is 0.350 e. The number of rotatable bonds is 9. The summed E-state index contributed by atoms with van der Waals surface area (Å²) < 4.78 is 15.3. The lowest BCUT2D eigenvalue weighted by Gasteiger charge is -2.02. The van der Waals surface area contributed by atoms with Crippen LogP contribution in [0.1, 0.15) is 52.9 Å². The predicted molar refractivity (Wildman–Crippen MR) is 86.9 cm³/mol. The predicted octanol–water partition coefficient (Wildman–Crippen LogP) is 4.00. The van der Waals surface area contributed by atoms with Crippen LogP contribution < -0.4 is 0 Å². The van der Waals surface area contributed by atoms with Gasteiger partial charge in [-0.25, -0.2) is 0 Å². The summed E-state index contributed by atoms with van der Waals surface area (Å²) in [6, 6.07) is 0. The van der Waals surface area contributed by atoms with Crippen LogP contribution in [0.2, 0.25) is 0 Å². The van der Waals surface area contributed by atoms with Gasteiger partial charge in [-0.15, -0.1) is 11.8 Å². The molecule has 0 bridgehead atoms. The molecule has 0 saturated carbocycles. The first kappa shape index (κ1) is 20.1. The van der Waals surface area contributed by atoms with Gasteiger partial charge < -0.3 is 14.5 Å². The van der Waals surface area contributed by atoms with E-state index in [2.05, 4.69) is 44.8 Å². The third-order valence-corrected chi connectivity index (χ3v) is 3.13. The number of ether oxygens (including phenoxy) is 1. The topological polar surface area (TPSA) is 66.8 Å². The van der Waals surface area contributed by atoms with Gasteiger partial charge in [0.2, 0.25) is 0 Å². The van der Waals surface area contributed by atoms with Gasteiger partial charge in [0.15, 0.2) is 0 Å². The lowest BCUT2D eigenvalue weighted by Crippen LogP contribution is -1.96. The van der Waals surface area contributed by atoms with Gasteiger partial charge in [-0.3, -0.25) is 4.57 Å². The smallest absolute Gasteiger partial charge is 0.350 e. The minimum atomic E-state index is -4.04. The Morgan fingerprint density at radius 2 is 1.76 bits per heavy atom. The summed E-state index contributed by atoms with van der Waals surface area (Å²) in [7, 11) is -4.04. The van der Waals surface area contributed by atoms with Crippen molar-refractivity contribution in [2.24, 2.45) is 0 Å². The van der Waals surface area contributed by atoms with E-state index in [1.165, 1.54) is 11.1 Å². The van der Waals surface area contributed by atoms with Gasteiger partial charge in [0.05, 0.1) is 6.61 Å². The van der Waals surface area contributed by atoms with E-state index >= 15 is 0 Å². The molecule has 0 rings (SSSR count). The second-order valence-electron chi connectivity index (χ2n) is 5.21. The second kappa shape index (κ2) is 11.8. The first-order valence-electron chi connectivity index (χ1n) is 7.18. The normalized spacial score (nSPS) is 11.8. The Balaban J connectivity index is 3.64. The van der Waals surface area contributed by atoms with E-state index in [1.807, 2.05) is 0 Å². The maximum atomic E-state index is 10.5. The Bertz CT molecular complexity index is 445. The molecular weight excluding hydrogens is 287 g/mol. The molecule has 0 aliphatic heterocycles. The van der Waals surface area contributed by atoms with Crippen LogP contribution in [0.25, 0.3) is 0 Å². The fourth-order valence-corrected chi connectivity index (χ4v) is 1.93. The van der Waals surface area contributed by atoms with Gasteiger partial charge in [0.25, 0.3) is 0 Å². The molecule has 0 spiro atoms. The van der Waals surface area contributed by atoms with Crippen molar-refractivity contribution in [1.29, 1.82) is 0 Å². The van der Waals surface area contributed by atoms with Crippen LogP contribution in [0.4, 0.5) is 0 Å². The summed E-state index contributed by atoms with van der Waals surface area (Å²) in [5.41, 5.74) is 2.74. The zero-order valence-electron chi connectivity index (χ0n) is 13.3. The van der Waals surface area contributed by atoms with Crippen LogP contribution in [0.3, 0.4) is 0 Å². The molecule has 0 radical (unpaired) electrons. The van der Waals surface area contributed by atoms with Gasteiger partial charge in [0.1, 0.15) is 6.35 Å². The van der Waals surface area contributed by atoms with E-state index in [9.17, 15) is 4.57 Å². The van der Waals surface area contributed by atoms with E-state index in [1.54, 1.807) is 0 Å². The number of hydrogen-bond acceptors (Lipinski definition) is 2. The molecule has 21 heavy (non-hydrogen) atoms. The van der Waals surface area contributed by atoms with Crippen LogP contribution in [-0.2, 0) is 9.30 Å².